The zero-order valence-corrected chi connectivity index (χ0v) is 10.9. The van der Waals surface area contributed by atoms with Crippen LogP contribution in [-0.2, 0) is 4.79 Å². The van der Waals surface area contributed by atoms with Crippen molar-refractivity contribution in [1.29, 1.82) is 0 Å². The van der Waals surface area contributed by atoms with Crippen molar-refractivity contribution in [2.45, 2.75) is 38.6 Å². The van der Waals surface area contributed by atoms with Gasteiger partial charge >= 0.3 is 0 Å². The van der Waals surface area contributed by atoms with E-state index in [0.717, 1.165) is 22.1 Å². The van der Waals surface area contributed by atoms with Gasteiger partial charge in [-0.25, -0.2) is 0 Å². The average molecular weight is 258 g/mol. The second-order valence-corrected chi connectivity index (χ2v) is 6.10. The van der Waals surface area contributed by atoms with E-state index in [-0.39, 0.29) is 17.9 Å². The molecule has 4 heteroatoms. The molecule has 1 heterocycles. The first kappa shape index (κ1) is 11.9. The molecule has 1 amide bonds. The summed E-state index contributed by atoms with van der Waals surface area (Å²) in [5, 5.41) is 3.06. The fraction of sp³-hybridized carbons (Fsp3) is 0.583. The van der Waals surface area contributed by atoms with E-state index < -0.39 is 0 Å². The van der Waals surface area contributed by atoms with E-state index in [1.165, 1.54) is 24.2 Å². The average Bonchev–Trinajstić information content (AvgIpc) is 2.87. The molecule has 1 aliphatic carbocycles. The van der Waals surface area contributed by atoms with Crippen molar-refractivity contribution in [3.8, 4) is 0 Å². The molecule has 1 saturated carbocycles. The predicted molar refractivity (Wildman–Crippen MR) is 67.8 cm³/mol. The summed E-state index contributed by atoms with van der Waals surface area (Å²) < 4.78 is 0.775. The number of halogens is 1. The standard InChI is InChI=1S/C12H16ClNOS/c1-8(10-6-7-11(13)16-10)14-12(15)9-4-2-3-5-9/h6-9H,2-5H2,1H3,(H,14,15)/t8-/m0/s1. The lowest BCUT2D eigenvalue weighted by Crippen LogP contribution is -2.31. The molecule has 0 aromatic carbocycles. The van der Waals surface area contributed by atoms with Gasteiger partial charge in [0.15, 0.2) is 0 Å². The highest BCUT2D eigenvalue weighted by molar-refractivity contribution is 7.16. The van der Waals surface area contributed by atoms with Crippen LogP contribution in [0.2, 0.25) is 4.34 Å². The fourth-order valence-electron chi connectivity index (χ4n) is 2.15. The van der Waals surface area contributed by atoms with E-state index in [4.69, 9.17) is 11.6 Å². The summed E-state index contributed by atoms with van der Waals surface area (Å²) in [6.07, 6.45) is 4.47. The summed E-state index contributed by atoms with van der Waals surface area (Å²) in [5.74, 6) is 0.437. The fourth-order valence-corrected chi connectivity index (χ4v) is 3.21. The van der Waals surface area contributed by atoms with Gasteiger partial charge in [-0.05, 0) is 31.9 Å². The lowest BCUT2D eigenvalue weighted by atomic mass is 10.1. The van der Waals surface area contributed by atoms with Crippen LogP contribution in [0.4, 0.5) is 0 Å². The molecule has 2 rings (SSSR count). The second kappa shape index (κ2) is 5.19. The number of carbonyl (C=O) groups is 1. The van der Waals surface area contributed by atoms with Gasteiger partial charge in [-0.2, -0.15) is 0 Å². The van der Waals surface area contributed by atoms with Gasteiger partial charge in [0.05, 0.1) is 10.4 Å². The summed E-state index contributed by atoms with van der Waals surface area (Å²) in [6.45, 7) is 2.01. The Labute approximate surface area is 105 Å². The summed E-state index contributed by atoms with van der Waals surface area (Å²) in [7, 11) is 0. The number of rotatable bonds is 3. The van der Waals surface area contributed by atoms with Crippen molar-refractivity contribution >= 4 is 28.8 Å². The van der Waals surface area contributed by atoms with Crippen LogP contribution in [0, 0.1) is 5.92 Å². The van der Waals surface area contributed by atoms with Crippen molar-refractivity contribution in [2.24, 2.45) is 5.92 Å². The van der Waals surface area contributed by atoms with Crippen LogP contribution < -0.4 is 5.32 Å². The van der Waals surface area contributed by atoms with E-state index >= 15 is 0 Å². The SMILES string of the molecule is C[C@H](NC(=O)C1CCCC1)c1ccc(Cl)s1. The number of amides is 1. The molecule has 1 atom stereocenters. The lowest BCUT2D eigenvalue weighted by Gasteiger charge is -2.15. The molecule has 0 saturated heterocycles. The molecular weight excluding hydrogens is 242 g/mol. The Kier molecular flexibility index (Phi) is 3.87. The van der Waals surface area contributed by atoms with Crippen molar-refractivity contribution in [3.05, 3.63) is 21.3 Å². The van der Waals surface area contributed by atoms with Gasteiger partial charge in [0.25, 0.3) is 0 Å². The van der Waals surface area contributed by atoms with Crippen molar-refractivity contribution < 1.29 is 4.79 Å². The molecule has 1 aliphatic rings. The number of thiophene rings is 1. The van der Waals surface area contributed by atoms with Gasteiger partial charge in [-0.15, -0.1) is 11.3 Å². The minimum atomic E-state index is 0.0746. The molecule has 0 unspecified atom stereocenters. The highest BCUT2D eigenvalue weighted by Crippen LogP contribution is 2.29. The molecule has 0 bridgehead atoms. The van der Waals surface area contributed by atoms with Crippen LogP contribution in [0.1, 0.15) is 43.5 Å². The maximum Gasteiger partial charge on any atom is 0.223 e. The Morgan fingerprint density at radius 1 is 1.50 bits per heavy atom. The van der Waals surface area contributed by atoms with Crippen LogP contribution in [-0.4, -0.2) is 5.91 Å². The van der Waals surface area contributed by atoms with Crippen LogP contribution in [0.5, 0.6) is 0 Å². The molecule has 1 aromatic heterocycles. The molecular formula is C12H16ClNOS. The molecule has 0 spiro atoms. The van der Waals surface area contributed by atoms with Crippen LogP contribution in [0.15, 0.2) is 12.1 Å². The van der Waals surface area contributed by atoms with Gasteiger partial charge < -0.3 is 5.32 Å². The monoisotopic (exact) mass is 257 g/mol. The summed E-state index contributed by atoms with van der Waals surface area (Å²) in [4.78, 5) is 13.0. The van der Waals surface area contributed by atoms with Crippen molar-refractivity contribution in [2.75, 3.05) is 0 Å². The van der Waals surface area contributed by atoms with Gasteiger partial charge in [0, 0.05) is 10.8 Å². The minimum absolute atomic E-state index is 0.0746. The topological polar surface area (TPSA) is 29.1 Å². The zero-order valence-electron chi connectivity index (χ0n) is 9.33. The third-order valence-corrected chi connectivity index (χ3v) is 4.52. The molecule has 1 aromatic rings. The van der Waals surface area contributed by atoms with E-state index in [1.54, 1.807) is 0 Å². The van der Waals surface area contributed by atoms with Crippen LogP contribution in [0.25, 0.3) is 0 Å². The summed E-state index contributed by atoms with van der Waals surface area (Å²) in [5.41, 5.74) is 0. The number of hydrogen-bond donors (Lipinski definition) is 1. The minimum Gasteiger partial charge on any atom is -0.349 e. The number of carbonyl (C=O) groups excluding carboxylic acids is 1. The Hall–Kier alpha value is -0.540. The first-order valence-electron chi connectivity index (χ1n) is 5.72. The van der Waals surface area contributed by atoms with Gasteiger partial charge in [0.1, 0.15) is 0 Å². The molecule has 0 aliphatic heterocycles. The molecule has 16 heavy (non-hydrogen) atoms. The smallest absolute Gasteiger partial charge is 0.223 e. The normalized spacial score (nSPS) is 18.6. The van der Waals surface area contributed by atoms with E-state index in [9.17, 15) is 4.79 Å². The number of hydrogen-bond acceptors (Lipinski definition) is 2. The van der Waals surface area contributed by atoms with Gasteiger partial charge in [-0.1, -0.05) is 24.4 Å². The molecule has 0 radical (unpaired) electrons. The van der Waals surface area contributed by atoms with Crippen molar-refractivity contribution in [1.82, 2.24) is 5.32 Å². The molecule has 88 valence electrons. The third-order valence-electron chi connectivity index (χ3n) is 3.11. The van der Waals surface area contributed by atoms with Crippen LogP contribution in [0.3, 0.4) is 0 Å². The van der Waals surface area contributed by atoms with Crippen molar-refractivity contribution in [3.63, 3.8) is 0 Å². The Bertz CT molecular complexity index is 371. The highest BCUT2D eigenvalue weighted by Gasteiger charge is 2.24. The van der Waals surface area contributed by atoms with Crippen LogP contribution >= 0.6 is 22.9 Å². The highest BCUT2D eigenvalue weighted by atomic mass is 35.5. The van der Waals surface area contributed by atoms with E-state index in [0.29, 0.717) is 0 Å². The molecule has 1 N–H and O–H groups in total. The Morgan fingerprint density at radius 3 is 2.75 bits per heavy atom. The summed E-state index contributed by atoms with van der Waals surface area (Å²) >= 11 is 7.41. The summed E-state index contributed by atoms with van der Waals surface area (Å²) in [6, 6.07) is 3.93. The zero-order chi connectivity index (χ0) is 11.5. The second-order valence-electron chi connectivity index (χ2n) is 4.35. The van der Waals surface area contributed by atoms with Gasteiger partial charge in [-0.3, -0.25) is 4.79 Å². The Morgan fingerprint density at radius 2 is 2.19 bits per heavy atom. The number of nitrogens with one attached hydrogen (secondary N) is 1. The first-order chi connectivity index (χ1) is 7.66. The third kappa shape index (κ3) is 2.77. The lowest BCUT2D eigenvalue weighted by molar-refractivity contribution is -0.125. The van der Waals surface area contributed by atoms with E-state index in [2.05, 4.69) is 5.32 Å². The predicted octanol–water partition coefficient (Wildman–Crippen LogP) is 3.77. The first-order valence-corrected chi connectivity index (χ1v) is 6.92. The van der Waals surface area contributed by atoms with Gasteiger partial charge in [0.2, 0.25) is 5.91 Å². The molecule has 2 nitrogen and oxygen atoms in total. The Balaban J connectivity index is 1.91. The molecule has 1 fully saturated rings. The largest absolute Gasteiger partial charge is 0.349 e. The maximum atomic E-state index is 11.9. The van der Waals surface area contributed by atoms with E-state index in [1.807, 2.05) is 19.1 Å². The maximum absolute atomic E-state index is 11.9. The quantitative estimate of drug-likeness (QED) is 0.878.